The summed E-state index contributed by atoms with van der Waals surface area (Å²) in [5.74, 6) is -0.285. The molecule has 0 bridgehead atoms. The molecule has 2 amide bonds. The molecule has 0 aliphatic rings. The Balaban J connectivity index is 2.40. The van der Waals surface area contributed by atoms with Crippen molar-refractivity contribution in [2.45, 2.75) is 20.3 Å². The third-order valence-electron chi connectivity index (χ3n) is 2.19. The van der Waals surface area contributed by atoms with Gasteiger partial charge in [-0.15, -0.1) is 0 Å². The highest BCUT2D eigenvalue weighted by molar-refractivity contribution is 5.81. The fourth-order valence-corrected chi connectivity index (χ4v) is 1.31. The number of aryl methyl sites for hydroxylation is 1. The first-order chi connectivity index (χ1) is 8.13. The van der Waals surface area contributed by atoms with Gasteiger partial charge in [-0.25, -0.2) is 10.2 Å². The van der Waals surface area contributed by atoms with Crippen molar-refractivity contribution >= 4 is 12.0 Å². The van der Waals surface area contributed by atoms with Gasteiger partial charge in [0.1, 0.15) is 0 Å². The van der Waals surface area contributed by atoms with Crippen molar-refractivity contribution in [3.8, 4) is 0 Å². The lowest BCUT2D eigenvalue weighted by atomic mass is 10.1. The first-order valence-electron chi connectivity index (χ1n) is 5.39. The summed E-state index contributed by atoms with van der Waals surface area (Å²) in [6, 6.07) is 7.59. The highest BCUT2D eigenvalue weighted by Gasteiger charge is 2.06. The summed E-state index contributed by atoms with van der Waals surface area (Å²) in [5.41, 5.74) is 6.41. The summed E-state index contributed by atoms with van der Waals surface area (Å²) >= 11 is 0. The zero-order valence-electron chi connectivity index (χ0n) is 9.95. The number of benzene rings is 1. The lowest BCUT2D eigenvalue weighted by molar-refractivity contribution is -0.121. The predicted molar refractivity (Wildman–Crippen MR) is 63.2 cm³/mol. The van der Waals surface area contributed by atoms with Crippen LogP contribution >= 0.6 is 0 Å². The summed E-state index contributed by atoms with van der Waals surface area (Å²) < 4.78 is 4.60. The topological polar surface area (TPSA) is 67.4 Å². The van der Waals surface area contributed by atoms with E-state index in [2.05, 4.69) is 15.6 Å². The monoisotopic (exact) mass is 236 g/mol. The minimum Gasteiger partial charge on any atom is -0.449 e. The van der Waals surface area contributed by atoms with Crippen molar-refractivity contribution in [1.82, 2.24) is 10.9 Å². The van der Waals surface area contributed by atoms with E-state index in [1.54, 1.807) is 6.92 Å². The molecule has 0 unspecified atom stereocenters. The Labute approximate surface area is 100 Å². The van der Waals surface area contributed by atoms with E-state index in [1.807, 2.05) is 31.2 Å². The Morgan fingerprint density at radius 1 is 1.24 bits per heavy atom. The average Bonchev–Trinajstić information content (AvgIpc) is 2.30. The Kier molecular flexibility index (Phi) is 5.00. The smallest absolute Gasteiger partial charge is 0.426 e. The first-order valence-corrected chi connectivity index (χ1v) is 5.39. The van der Waals surface area contributed by atoms with E-state index in [0.29, 0.717) is 0 Å². The maximum atomic E-state index is 11.5. The van der Waals surface area contributed by atoms with E-state index >= 15 is 0 Å². The predicted octanol–water partition coefficient (Wildman–Crippen LogP) is 1.31. The molecule has 0 fully saturated rings. The standard InChI is InChI=1S/C12H16N2O3/c1-3-17-12(16)14-13-11(15)8-10-7-5-4-6-9(10)2/h4-7H,3,8H2,1-2H3,(H,13,15)(H,14,16). The van der Waals surface area contributed by atoms with Crippen molar-refractivity contribution in [3.63, 3.8) is 0 Å². The third kappa shape index (κ3) is 4.55. The largest absolute Gasteiger partial charge is 0.449 e. The number of amides is 2. The SMILES string of the molecule is CCOC(=O)NNC(=O)Cc1ccccc1C. The van der Waals surface area contributed by atoms with Crippen LogP contribution in [0.25, 0.3) is 0 Å². The second-order valence-corrected chi connectivity index (χ2v) is 3.50. The van der Waals surface area contributed by atoms with Gasteiger partial charge in [-0.05, 0) is 25.0 Å². The lowest BCUT2D eigenvalue weighted by Crippen LogP contribution is -2.42. The lowest BCUT2D eigenvalue weighted by Gasteiger charge is -2.08. The molecule has 0 aromatic heterocycles. The van der Waals surface area contributed by atoms with Gasteiger partial charge in [-0.2, -0.15) is 0 Å². The van der Waals surface area contributed by atoms with Crippen molar-refractivity contribution in [3.05, 3.63) is 35.4 Å². The van der Waals surface area contributed by atoms with Crippen LogP contribution in [0.2, 0.25) is 0 Å². The van der Waals surface area contributed by atoms with Crippen molar-refractivity contribution < 1.29 is 14.3 Å². The summed E-state index contributed by atoms with van der Waals surface area (Å²) in [6.45, 7) is 3.88. The molecule has 17 heavy (non-hydrogen) atoms. The number of carbonyl (C=O) groups is 2. The van der Waals surface area contributed by atoms with Gasteiger partial charge in [0, 0.05) is 0 Å². The molecule has 0 aliphatic carbocycles. The number of hydrazine groups is 1. The summed E-state index contributed by atoms with van der Waals surface area (Å²) in [4.78, 5) is 22.4. The number of nitrogens with one attached hydrogen (secondary N) is 2. The van der Waals surface area contributed by atoms with Gasteiger partial charge in [-0.1, -0.05) is 24.3 Å². The highest BCUT2D eigenvalue weighted by atomic mass is 16.5. The minimum atomic E-state index is -0.661. The molecule has 0 atom stereocenters. The molecule has 2 N–H and O–H groups in total. The zero-order valence-corrected chi connectivity index (χ0v) is 9.95. The number of ether oxygens (including phenoxy) is 1. The van der Waals surface area contributed by atoms with Gasteiger partial charge in [0.15, 0.2) is 0 Å². The maximum Gasteiger partial charge on any atom is 0.426 e. The molecule has 5 nitrogen and oxygen atoms in total. The molecule has 92 valence electrons. The van der Waals surface area contributed by atoms with E-state index in [1.165, 1.54) is 0 Å². The van der Waals surface area contributed by atoms with E-state index in [-0.39, 0.29) is 18.9 Å². The molecule has 0 aliphatic heterocycles. The van der Waals surface area contributed by atoms with Crippen LogP contribution in [-0.2, 0) is 16.0 Å². The molecule has 0 heterocycles. The molecule has 1 rings (SSSR count). The average molecular weight is 236 g/mol. The minimum absolute atomic E-state index is 0.221. The molecular weight excluding hydrogens is 220 g/mol. The molecule has 0 saturated heterocycles. The van der Waals surface area contributed by atoms with Crippen LogP contribution in [0.3, 0.4) is 0 Å². The Hall–Kier alpha value is -2.04. The van der Waals surface area contributed by atoms with Crippen molar-refractivity contribution in [2.24, 2.45) is 0 Å². The van der Waals surface area contributed by atoms with Crippen LogP contribution in [0.5, 0.6) is 0 Å². The molecular formula is C12H16N2O3. The van der Waals surface area contributed by atoms with Crippen LogP contribution in [0, 0.1) is 6.92 Å². The number of carbonyl (C=O) groups excluding carboxylic acids is 2. The Bertz CT molecular complexity index is 404. The van der Waals surface area contributed by atoms with Gasteiger partial charge in [0.05, 0.1) is 13.0 Å². The maximum absolute atomic E-state index is 11.5. The van der Waals surface area contributed by atoms with Crippen LogP contribution in [0.1, 0.15) is 18.1 Å². The summed E-state index contributed by atoms with van der Waals surface area (Å²) in [5, 5.41) is 0. The van der Waals surface area contributed by atoms with E-state index < -0.39 is 6.09 Å². The molecule has 1 aromatic carbocycles. The van der Waals surface area contributed by atoms with Crippen LogP contribution in [0.15, 0.2) is 24.3 Å². The van der Waals surface area contributed by atoms with Crippen LogP contribution in [-0.4, -0.2) is 18.6 Å². The van der Waals surface area contributed by atoms with E-state index in [0.717, 1.165) is 11.1 Å². The van der Waals surface area contributed by atoms with Gasteiger partial charge in [0.2, 0.25) is 5.91 Å². The zero-order chi connectivity index (χ0) is 12.7. The molecule has 0 saturated carbocycles. The van der Waals surface area contributed by atoms with Crippen LogP contribution < -0.4 is 10.9 Å². The molecule has 5 heteroatoms. The Morgan fingerprint density at radius 3 is 2.59 bits per heavy atom. The number of hydrogen-bond acceptors (Lipinski definition) is 3. The normalized spacial score (nSPS) is 9.53. The fraction of sp³-hybridized carbons (Fsp3) is 0.333. The van der Waals surface area contributed by atoms with Crippen molar-refractivity contribution in [2.75, 3.05) is 6.61 Å². The van der Waals surface area contributed by atoms with Crippen LogP contribution in [0.4, 0.5) is 4.79 Å². The quantitative estimate of drug-likeness (QED) is 0.778. The Morgan fingerprint density at radius 2 is 1.94 bits per heavy atom. The molecule has 1 aromatic rings. The second-order valence-electron chi connectivity index (χ2n) is 3.50. The van der Waals surface area contributed by atoms with Gasteiger partial charge in [0.25, 0.3) is 0 Å². The van der Waals surface area contributed by atoms with E-state index in [9.17, 15) is 9.59 Å². The fourth-order valence-electron chi connectivity index (χ4n) is 1.31. The number of rotatable bonds is 3. The first kappa shape index (κ1) is 13.0. The summed E-state index contributed by atoms with van der Waals surface area (Å²) in [7, 11) is 0. The number of hydrogen-bond donors (Lipinski definition) is 2. The highest BCUT2D eigenvalue weighted by Crippen LogP contribution is 2.07. The second kappa shape index (κ2) is 6.52. The molecule has 0 spiro atoms. The van der Waals surface area contributed by atoms with Gasteiger partial charge in [-0.3, -0.25) is 10.2 Å². The van der Waals surface area contributed by atoms with Crippen molar-refractivity contribution in [1.29, 1.82) is 0 Å². The van der Waals surface area contributed by atoms with Gasteiger partial charge < -0.3 is 4.74 Å². The van der Waals surface area contributed by atoms with Gasteiger partial charge >= 0.3 is 6.09 Å². The third-order valence-corrected chi connectivity index (χ3v) is 2.19. The van der Waals surface area contributed by atoms with E-state index in [4.69, 9.17) is 0 Å². The molecule has 0 radical (unpaired) electrons. The summed E-state index contributed by atoms with van der Waals surface area (Å²) in [6.07, 6.45) is -0.440.